The Bertz CT molecular complexity index is 522. The minimum absolute atomic E-state index is 0.167. The lowest BCUT2D eigenvalue weighted by Gasteiger charge is -2.07. The van der Waals surface area contributed by atoms with Gasteiger partial charge in [0.15, 0.2) is 11.5 Å². The molecule has 1 aromatic carbocycles. The molecule has 0 unspecified atom stereocenters. The second-order valence-electron chi connectivity index (χ2n) is 2.94. The molecule has 0 aliphatic rings. The van der Waals surface area contributed by atoms with Crippen molar-refractivity contribution < 1.29 is 23.7 Å². The fraction of sp³-hybridized carbons (Fsp3) is 0.333. The molecule has 0 radical (unpaired) electrons. The first-order chi connectivity index (χ1) is 7.72. The summed E-state index contributed by atoms with van der Waals surface area (Å²) in [5, 5.41) is 14.9. The SMILES string of the molecule is COc1cc(OC)c2c(no[n+]2[O-])c1OC. The molecule has 0 bridgehead atoms. The molecule has 0 fully saturated rings. The van der Waals surface area contributed by atoms with Crippen LogP contribution in [0.15, 0.2) is 10.7 Å². The molecule has 0 aliphatic carbocycles. The fourth-order valence-electron chi connectivity index (χ4n) is 1.48. The molecule has 0 aliphatic heterocycles. The summed E-state index contributed by atoms with van der Waals surface area (Å²) in [5.41, 5.74) is 0.425. The van der Waals surface area contributed by atoms with E-state index in [0.717, 1.165) is 0 Å². The fourth-order valence-corrected chi connectivity index (χ4v) is 1.48. The lowest BCUT2D eigenvalue weighted by Crippen LogP contribution is -2.23. The van der Waals surface area contributed by atoms with E-state index in [4.69, 9.17) is 14.2 Å². The highest BCUT2D eigenvalue weighted by Gasteiger charge is 2.25. The molecular weight excluding hydrogens is 216 g/mol. The Kier molecular flexibility index (Phi) is 2.43. The van der Waals surface area contributed by atoms with Gasteiger partial charge in [-0.15, -0.1) is 0 Å². The molecule has 1 heterocycles. The smallest absolute Gasteiger partial charge is 0.297 e. The number of aromatic nitrogens is 2. The summed E-state index contributed by atoms with van der Waals surface area (Å²) < 4.78 is 19.8. The average Bonchev–Trinajstić information content (AvgIpc) is 2.69. The van der Waals surface area contributed by atoms with Crippen molar-refractivity contribution in [2.24, 2.45) is 0 Å². The summed E-state index contributed by atoms with van der Waals surface area (Å²) in [4.78, 5) is 0.260. The van der Waals surface area contributed by atoms with E-state index < -0.39 is 0 Å². The summed E-state index contributed by atoms with van der Waals surface area (Å²) in [5.74, 6) is 1.06. The van der Waals surface area contributed by atoms with E-state index in [9.17, 15) is 5.21 Å². The molecule has 0 atom stereocenters. The number of hydrogen-bond donors (Lipinski definition) is 0. The predicted octanol–water partition coefficient (Wildman–Crippen LogP) is 0.487. The van der Waals surface area contributed by atoms with Gasteiger partial charge >= 0.3 is 0 Å². The number of fused-ring (bicyclic) bond motifs is 1. The van der Waals surface area contributed by atoms with E-state index in [2.05, 4.69) is 9.79 Å². The first-order valence-electron chi connectivity index (χ1n) is 4.41. The van der Waals surface area contributed by atoms with Crippen molar-refractivity contribution in [3.05, 3.63) is 11.3 Å². The average molecular weight is 226 g/mol. The van der Waals surface area contributed by atoms with Gasteiger partial charge in [0.2, 0.25) is 5.75 Å². The first-order valence-corrected chi connectivity index (χ1v) is 4.41. The predicted molar refractivity (Wildman–Crippen MR) is 52.6 cm³/mol. The van der Waals surface area contributed by atoms with E-state index in [0.29, 0.717) is 17.2 Å². The van der Waals surface area contributed by atoms with Gasteiger partial charge in [0.1, 0.15) is 0 Å². The van der Waals surface area contributed by atoms with Crippen LogP contribution in [-0.2, 0) is 0 Å². The van der Waals surface area contributed by atoms with E-state index in [1.54, 1.807) is 0 Å². The lowest BCUT2D eigenvalue weighted by molar-refractivity contribution is -0.782. The van der Waals surface area contributed by atoms with Gasteiger partial charge in [0.05, 0.1) is 26.5 Å². The summed E-state index contributed by atoms with van der Waals surface area (Å²) in [6.07, 6.45) is 0. The molecule has 7 nitrogen and oxygen atoms in total. The van der Waals surface area contributed by atoms with Gasteiger partial charge in [-0.05, 0) is 4.90 Å². The van der Waals surface area contributed by atoms with Gasteiger partial charge < -0.3 is 19.4 Å². The molecule has 0 saturated carbocycles. The summed E-state index contributed by atoms with van der Waals surface area (Å²) in [6, 6.07) is 1.53. The maximum absolute atomic E-state index is 11.3. The zero-order valence-corrected chi connectivity index (χ0v) is 9.01. The van der Waals surface area contributed by atoms with Crippen LogP contribution in [0.3, 0.4) is 0 Å². The first kappa shape index (κ1) is 10.3. The summed E-state index contributed by atoms with van der Waals surface area (Å²) >= 11 is 0. The van der Waals surface area contributed by atoms with Gasteiger partial charge in [0, 0.05) is 6.07 Å². The van der Waals surface area contributed by atoms with Crippen LogP contribution in [0.2, 0.25) is 0 Å². The van der Waals surface area contributed by atoms with Crippen LogP contribution in [0.1, 0.15) is 0 Å². The van der Waals surface area contributed by atoms with E-state index >= 15 is 0 Å². The van der Waals surface area contributed by atoms with Crippen molar-refractivity contribution in [3.8, 4) is 17.2 Å². The Balaban J connectivity index is 2.85. The monoisotopic (exact) mass is 226 g/mol. The van der Waals surface area contributed by atoms with Gasteiger partial charge in [-0.3, -0.25) is 4.63 Å². The number of methoxy groups -OCH3 is 3. The van der Waals surface area contributed by atoms with E-state index in [1.807, 2.05) is 0 Å². The number of nitrogens with zero attached hydrogens (tertiary/aromatic N) is 2. The molecule has 0 amide bonds. The molecule has 0 spiro atoms. The minimum atomic E-state index is 0.167. The van der Waals surface area contributed by atoms with Crippen LogP contribution in [0.5, 0.6) is 17.2 Å². The van der Waals surface area contributed by atoms with Gasteiger partial charge in [-0.25, -0.2) is 0 Å². The number of benzene rings is 1. The van der Waals surface area contributed by atoms with Gasteiger partial charge in [-0.2, -0.15) is 0 Å². The van der Waals surface area contributed by atoms with E-state index in [-0.39, 0.29) is 15.9 Å². The molecule has 86 valence electrons. The molecule has 0 saturated heterocycles. The molecular formula is C9H10N2O5. The molecule has 2 aromatic rings. The third-order valence-corrected chi connectivity index (χ3v) is 2.19. The van der Waals surface area contributed by atoms with Crippen molar-refractivity contribution in [3.63, 3.8) is 0 Å². The zero-order valence-electron chi connectivity index (χ0n) is 9.01. The van der Waals surface area contributed by atoms with Crippen LogP contribution in [0.4, 0.5) is 0 Å². The third-order valence-electron chi connectivity index (χ3n) is 2.19. The molecule has 1 aromatic heterocycles. The number of ether oxygens (including phenoxy) is 3. The van der Waals surface area contributed by atoms with Crippen molar-refractivity contribution >= 4 is 11.0 Å². The largest absolute Gasteiger partial charge is 0.493 e. The highest BCUT2D eigenvalue weighted by molar-refractivity contribution is 5.86. The van der Waals surface area contributed by atoms with Crippen LogP contribution in [-0.4, -0.2) is 26.5 Å². The Morgan fingerprint density at radius 1 is 1.19 bits per heavy atom. The Morgan fingerprint density at radius 2 is 1.88 bits per heavy atom. The van der Waals surface area contributed by atoms with E-state index in [1.165, 1.54) is 27.4 Å². The normalized spacial score (nSPS) is 10.4. The topological polar surface area (TPSA) is 80.7 Å². The Hall–Kier alpha value is -2.18. The molecule has 7 heteroatoms. The van der Waals surface area contributed by atoms with Gasteiger partial charge in [0.25, 0.3) is 11.0 Å². The Morgan fingerprint density at radius 3 is 2.44 bits per heavy atom. The van der Waals surface area contributed by atoms with Crippen LogP contribution < -0.4 is 19.1 Å². The number of rotatable bonds is 3. The standard InChI is InChI=1S/C9H10N2O5/c1-13-5-4-6(14-2)9(15-3)7-8(5)11(12)16-10-7/h4H,1-3H3. The van der Waals surface area contributed by atoms with Gasteiger partial charge in [-0.1, -0.05) is 0 Å². The lowest BCUT2D eigenvalue weighted by atomic mass is 10.2. The minimum Gasteiger partial charge on any atom is -0.493 e. The highest BCUT2D eigenvalue weighted by atomic mass is 16.8. The van der Waals surface area contributed by atoms with Crippen molar-refractivity contribution in [2.45, 2.75) is 0 Å². The summed E-state index contributed by atoms with van der Waals surface area (Å²) in [7, 11) is 4.37. The maximum Gasteiger partial charge on any atom is 0.297 e. The summed E-state index contributed by atoms with van der Waals surface area (Å²) in [6.45, 7) is 0. The third kappa shape index (κ3) is 1.28. The molecule has 2 rings (SSSR count). The second-order valence-corrected chi connectivity index (χ2v) is 2.94. The second kappa shape index (κ2) is 3.76. The van der Waals surface area contributed by atoms with Crippen molar-refractivity contribution in [1.29, 1.82) is 0 Å². The number of hydrogen-bond acceptors (Lipinski definition) is 6. The van der Waals surface area contributed by atoms with Crippen LogP contribution in [0, 0.1) is 5.21 Å². The Labute approximate surface area is 90.6 Å². The molecule has 16 heavy (non-hydrogen) atoms. The molecule has 0 N–H and O–H groups in total. The highest BCUT2D eigenvalue weighted by Crippen LogP contribution is 2.38. The van der Waals surface area contributed by atoms with Crippen LogP contribution >= 0.6 is 0 Å². The van der Waals surface area contributed by atoms with Crippen LogP contribution in [0.25, 0.3) is 11.0 Å². The van der Waals surface area contributed by atoms with Crippen molar-refractivity contribution in [2.75, 3.05) is 21.3 Å². The quantitative estimate of drug-likeness (QED) is 0.708. The maximum atomic E-state index is 11.3. The zero-order chi connectivity index (χ0) is 11.7. The van der Waals surface area contributed by atoms with Crippen molar-refractivity contribution in [1.82, 2.24) is 5.16 Å².